The zero-order chi connectivity index (χ0) is 24.9. The number of amides is 2. The molecule has 1 saturated heterocycles. The Labute approximate surface area is 202 Å². The summed E-state index contributed by atoms with van der Waals surface area (Å²) in [6.45, 7) is 13.5. The first kappa shape index (κ1) is 25.2. The summed E-state index contributed by atoms with van der Waals surface area (Å²) < 4.78 is 11.3. The van der Waals surface area contributed by atoms with E-state index < -0.39 is 35.2 Å². The number of carbonyl (C=O) groups excluding carboxylic acids is 3. The first-order valence-corrected chi connectivity index (χ1v) is 12.7. The average molecular weight is 477 g/mol. The largest absolute Gasteiger partial charge is 0.445 e. The number of Topliss-reactive ketones (excluding diaryl/α,β-unsaturated/α-hetero) is 1. The smallest absolute Gasteiger partial charge is 0.416 e. The van der Waals surface area contributed by atoms with E-state index in [0.717, 1.165) is 25.8 Å². The van der Waals surface area contributed by atoms with E-state index in [0.29, 0.717) is 25.8 Å². The number of rotatable bonds is 3. The summed E-state index contributed by atoms with van der Waals surface area (Å²) >= 11 is 0. The van der Waals surface area contributed by atoms with Crippen molar-refractivity contribution in [2.75, 3.05) is 13.1 Å². The predicted molar refractivity (Wildman–Crippen MR) is 126 cm³/mol. The molecule has 2 amide bonds. The number of alkyl carbamates (subject to hydrolysis) is 2. The minimum atomic E-state index is -0.884. The number of ketones is 1. The van der Waals surface area contributed by atoms with E-state index in [1.165, 1.54) is 0 Å². The van der Waals surface area contributed by atoms with E-state index in [4.69, 9.17) is 9.47 Å². The first-order chi connectivity index (χ1) is 16.0. The van der Waals surface area contributed by atoms with Crippen molar-refractivity contribution in [3.8, 4) is 0 Å². The Bertz CT molecular complexity index is 856. The summed E-state index contributed by atoms with van der Waals surface area (Å²) in [7, 11) is 0. The minimum Gasteiger partial charge on any atom is -0.445 e. The molecule has 0 radical (unpaired) electrons. The summed E-state index contributed by atoms with van der Waals surface area (Å²) in [5.74, 6) is -0.0865. The quantitative estimate of drug-likeness (QED) is 0.534. The van der Waals surface area contributed by atoms with Gasteiger partial charge >= 0.3 is 12.2 Å². The summed E-state index contributed by atoms with van der Waals surface area (Å²) in [5.41, 5.74) is -1.68. The second-order valence-electron chi connectivity index (χ2n) is 11.6. The molecule has 3 aliphatic carbocycles. The summed E-state index contributed by atoms with van der Waals surface area (Å²) in [4.78, 5) is 38.6. The van der Waals surface area contributed by atoms with Crippen molar-refractivity contribution in [3.63, 3.8) is 0 Å². The number of aliphatic hydroxyl groups is 1. The third kappa shape index (κ3) is 3.87. The standard InChI is InChI=1S/C26H40N2O6/c1-6-24(4)13-19(34-23(32)28-22(31)33-17-9-12-27-14-17)25(5)15(2)7-10-26(16(3)21(24)30)11-8-18(29)20(25)26/h6,15-17,19-21,27,30H,1,7-14H2,2-5H3,(H,28,31,32)/t15?,16-,17+,19+,20-,21-,24+,25+,26-/m0/s1. The van der Waals surface area contributed by atoms with Gasteiger partial charge in [-0.25, -0.2) is 14.9 Å². The van der Waals surface area contributed by atoms with Crippen LogP contribution in [0.3, 0.4) is 0 Å². The van der Waals surface area contributed by atoms with E-state index in [1.54, 1.807) is 6.08 Å². The van der Waals surface area contributed by atoms with Crippen LogP contribution >= 0.6 is 0 Å². The molecule has 1 heterocycles. The SMILES string of the molecule is C=C[C@]1(C)C[C@@H](OC(=O)NC(=O)O[C@@H]2CCNC2)[C@@]2(C)C(C)CC[C@]3(CCC(=O)[C@H]32)[C@@H](C)[C@@H]1O. The topological polar surface area (TPSA) is 114 Å². The number of ether oxygens (including phenoxy) is 2. The van der Waals surface area contributed by atoms with Gasteiger partial charge in [0.05, 0.1) is 6.10 Å². The highest BCUT2D eigenvalue weighted by Gasteiger charge is 2.68. The van der Waals surface area contributed by atoms with Crippen LogP contribution in [0.15, 0.2) is 12.7 Å². The van der Waals surface area contributed by atoms with Gasteiger partial charge in [-0.15, -0.1) is 6.58 Å². The van der Waals surface area contributed by atoms with Crippen molar-refractivity contribution in [1.29, 1.82) is 0 Å². The van der Waals surface area contributed by atoms with Crippen molar-refractivity contribution in [2.45, 2.75) is 84.5 Å². The lowest BCUT2D eigenvalue weighted by atomic mass is 9.44. The molecule has 8 nitrogen and oxygen atoms in total. The molecule has 4 aliphatic rings. The van der Waals surface area contributed by atoms with Crippen LogP contribution in [0.2, 0.25) is 0 Å². The molecule has 1 unspecified atom stereocenters. The Morgan fingerprint density at radius 2 is 1.88 bits per heavy atom. The van der Waals surface area contributed by atoms with Gasteiger partial charge in [0, 0.05) is 29.7 Å². The molecule has 34 heavy (non-hydrogen) atoms. The molecule has 4 rings (SSSR count). The Kier molecular flexibility index (Phi) is 6.62. The maximum atomic E-state index is 13.4. The number of hydrogen-bond acceptors (Lipinski definition) is 7. The van der Waals surface area contributed by atoms with Gasteiger partial charge in [-0.1, -0.05) is 33.8 Å². The Balaban J connectivity index is 1.65. The molecule has 0 aromatic carbocycles. The van der Waals surface area contributed by atoms with Gasteiger partial charge in [0.15, 0.2) is 0 Å². The van der Waals surface area contributed by atoms with E-state index in [-0.39, 0.29) is 35.1 Å². The molecule has 190 valence electrons. The van der Waals surface area contributed by atoms with Crippen molar-refractivity contribution < 1.29 is 29.0 Å². The highest BCUT2D eigenvalue weighted by atomic mass is 16.6. The number of aliphatic hydroxyl groups excluding tert-OH is 1. The van der Waals surface area contributed by atoms with Gasteiger partial charge in [-0.2, -0.15) is 0 Å². The first-order valence-electron chi connectivity index (χ1n) is 12.7. The van der Waals surface area contributed by atoms with Crippen LogP contribution < -0.4 is 10.6 Å². The van der Waals surface area contributed by atoms with Gasteiger partial charge < -0.3 is 19.9 Å². The summed E-state index contributed by atoms with van der Waals surface area (Å²) in [6, 6.07) is 0. The number of hydrogen-bond donors (Lipinski definition) is 3. The zero-order valence-corrected chi connectivity index (χ0v) is 20.9. The van der Waals surface area contributed by atoms with Gasteiger partial charge in [-0.3, -0.25) is 4.79 Å². The lowest BCUT2D eigenvalue weighted by Gasteiger charge is -2.61. The summed E-state index contributed by atoms with van der Waals surface area (Å²) in [6.07, 6.45) is 2.34. The predicted octanol–water partition coefficient (Wildman–Crippen LogP) is 3.57. The van der Waals surface area contributed by atoms with Crippen LogP contribution in [0, 0.1) is 34.0 Å². The zero-order valence-electron chi connectivity index (χ0n) is 20.9. The fourth-order valence-corrected chi connectivity index (χ4v) is 7.65. The third-order valence-corrected chi connectivity index (χ3v) is 10.0. The third-order valence-electron chi connectivity index (χ3n) is 10.0. The molecule has 2 bridgehead atoms. The molecular weight excluding hydrogens is 436 g/mol. The number of imide groups is 1. The van der Waals surface area contributed by atoms with Crippen LogP contribution in [-0.2, 0) is 14.3 Å². The monoisotopic (exact) mass is 476 g/mol. The molecule has 0 spiro atoms. The molecule has 9 atom stereocenters. The molecular formula is C26H40N2O6. The van der Waals surface area contributed by atoms with Crippen molar-refractivity contribution in [3.05, 3.63) is 12.7 Å². The Morgan fingerprint density at radius 3 is 2.53 bits per heavy atom. The number of nitrogens with one attached hydrogen (secondary N) is 2. The maximum absolute atomic E-state index is 13.4. The van der Waals surface area contributed by atoms with E-state index in [2.05, 4.69) is 38.0 Å². The molecule has 4 fully saturated rings. The maximum Gasteiger partial charge on any atom is 0.416 e. The van der Waals surface area contributed by atoms with E-state index >= 15 is 0 Å². The molecule has 3 saturated carbocycles. The Morgan fingerprint density at radius 1 is 1.18 bits per heavy atom. The van der Waals surface area contributed by atoms with E-state index in [9.17, 15) is 19.5 Å². The van der Waals surface area contributed by atoms with Gasteiger partial charge in [0.2, 0.25) is 0 Å². The van der Waals surface area contributed by atoms with E-state index in [1.807, 2.05) is 6.92 Å². The Hall–Kier alpha value is -1.93. The van der Waals surface area contributed by atoms with Crippen LogP contribution in [0.5, 0.6) is 0 Å². The molecule has 0 aromatic heterocycles. The highest BCUT2D eigenvalue weighted by molar-refractivity contribution is 5.88. The second-order valence-corrected chi connectivity index (χ2v) is 11.6. The van der Waals surface area contributed by atoms with Crippen molar-refractivity contribution >= 4 is 18.0 Å². The second kappa shape index (κ2) is 8.94. The van der Waals surface area contributed by atoms with Gasteiger partial charge in [0.25, 0.3) is 0 Å². The molecule has 8 heteroatoms. The van der Waals surface area contributed by atoms with Crippen LogP contribution in [0.4, 0.5) is 9.59 Å². The van der Waals surface area contributed by atoms with Crippen molar-refractivity contribution in [1.82, 2.24) is 10.6 Å². The minimum absolute atomic E-state index is 0.0939. The average Bonchev–Trinajstić information content (AvgIpc) is 3.42. The van der Waals surface area contributed by atoms with Crippen LogP contribution in [0.1, 0.15) is 66.2 Å². The molecule has 0 aromatic rings. The number of carbonyl (C=O) groups is 3. The van der Waals surface area contributed by atoms with Gasteiger partial charge in [0.1, 0.15) is 18.0 Å². The highest BCUT2D eigenvalue weighted by Crippen LogP contribution is 2.67. The van der Waals surface area contributed by atoms with Crippen LogP contribution in [0.25, 0.3) is 0 Å². The normalized spacial score (nSPS) is 46.1. The lowest BCUT2D eigenvalue weighted by molar-refractivity contribution is -0.191. The fourth-order valence-electron chi connectivity index (χ4n) is 7.65. The summed E-state index contributed by atoms with van der Waals surface area (Å²) in [5, 5.41) is 16.8. The molecule has 1 aliphatic heterocycles. The van der Waals surface area contributed by atoms with Crippen LogP contribution in [-0.4, -0.2) is 54.5 Å². The fraction of sp³-hybridized carbons (Fsp3) is 0.808. The van der Waals surface area contributed by atoms with Crippen molar-refractivity contribution in [2.24, 2.45) is 34.0 Å². The molecule has 3 N–H and O–H groups in total. The van der Waals surface area contributed by atoms with Gasteiger partial charge in [-0.05, 0) is 55.9 Å². The lowest BCUT2D eigenvalue weighted by Crippen LogP contribution is -2.63.